The Labute approximate surface area is 113 Å². The molecule has 0 aliphatic heterocycles. The van der Waals surface area contributed by atoms with E-state index in [1.807, 2.05) is 6.92 Å². The van der Waals surface area contributed by atoms with Crippen molar-refractivity contribution in [1.29, 1.82) is 0 Å². The van der Waals surface area contributed by atoms with Gasteiger partial charge in [-0.1, -0.05) is 25.8 Å². The van der Waals surface area contributed by atoms with Crippen LogP contribution in [0.5, 0.6) is 0 Å². The van der Waals surface area contributed by atoms with Crippen molar-refractivity contribution in [2.24, 2.45) is 0 Å². The number of rotatable bonds is 9. The lowest BCUT2D eigenvalue weighted by Gasteiger charge is -2.16. The number of sulfonamides is 1. The standard InChI is InChI=1S/C12H19N3O3S/c1-2-3-6-11(14-10-16)9-19(17,18)15-12-7-4-5-8-13-12/h4-5,7-8,10-11H,2-3,6,9H2,1H3,(H,13,15)(H,14,16)/t11-/m0/s1. The van der Waals surface area contributed by atoms with E-state index in [4.69, 9.17) is 0 Å². The highest BCUT2D eigenvalue weighted by Gasteiger charge is 2.18. The van der Waals surface area contributed by atoms with Crippen LogP contribution >= 0.6 is 0 Å². The first-order valence-corrected chi connectivity index (χ1v) is 7.84. The van der Waals surface area contributed by atoms with E-state index < -0.39 is 10.0 Å². The number of nitrogens with one attached hydrogen (secondary N) is 2. The minimum absolute atomic E-state index is 0.150. The quantitative estimate of drug-likeness (QED) is 0.666. The summed E-state index contributed by atoms with van der Waals surface area (Å²) >= 11 is 0. The van der Waals surface area contributed by atoms with Gasteiger partial charge < -0.3 is 5.32 Å². The molecule has 6 nitrogen and oxygen atoms in total. The average molecular weight is 285 g/mol. The summed E-state index contributed by atoms with van der Waals surface area (Å²) in [5, 5.41) is 2.54. The molecule has 0 radical (unpaired) electrons. The van der Waals surface area contributed by atoms with Crippen LogP contribution in [0.4, 0.5) is 5.82 Å². The van der Waals surface area contributed by atoms with Gasteiger partial charge in [0.1, 0.15) is 5.82 Å². The van der Waals surface area contributed by atoms with E-state index in [0.717, 1.165) is 12.8 Å². The summed E-state index contributed by atoms with van der Waals surface area (Å²) in [6, 6.07) is 4.60. The Hall–Kier alpha value is -1.63. The molecule has 1 heterocycles. The number of unbranched alkanes of at least 4 members (excludes halogenated alkanes) is 1. The maximum Gasteiger partial charge on any atom is 0.235 e. The normalized spacial score (nSPS) is 12.7. The fourth-order valence-corrected chi connectivity index (χ4v) is 2.97. The SMILES string of the molecule is CCCC[C@@H](CS(=O)(=O)Nc1ccccn1)NC=O. The lowest BCUT2D eigenvalue weighted by atomic mass is 10.1. The number of nitrogens with zero attached hydrogens (tertiary/aromatic N) is 1. The number of hydrogen-bond acceptors (Lipinski definition) is 4. The van der Waals surface area contributed by atoms with Gasteiger partial charge in [-0.2, -0.15) is 0 Å². The predicted octanol–water partition coefficient (Wildman–Crippen LogP) is 1.13. The van der Waals surface area contributed by atoms with Crippen LogP contribution in [0.15, 0.2) is 24.4 Å². The van der Waals surface area contributed by atoms with Gasteiger partial charge in [-0.25, -0.2) is 13.4 Å². The number of hydrogen-bond donors (Lipinski definition) is 2. The number of amides is 1. The molecule has 1 aromatic rings. The van der Waals surface area contributed by atoms with Gasteiger partial charge in [0.2, 0.25) is 16.4 Å². The molecule has 0 saturated heterocycles. The van der Waals surface area contributed by atoms with Gasteiger partial charge in [0, 0.05) is 12.2 Å². The molecule has 7 heteroatoms. The van der Waals surface area contributed by atoms with Crippen molar-refractivity contribution in [1.82, 2.24) is 10.3 Å². The first-order chi connectivity index (χ1) is 9.07. The van der Waals surface area contributed by atoms with Crippen molar-refractivity contribution in [2.75, 3.05) is 10.5 Å². The highest BCUT2D eigenvalue weighted by atomic mass is 32.2. The second-order valence-corrected chi connectivity index (χ2v) is 5.99. The summed E-state index contributed by atoms with van der Waals surface area (Å²) in [6.45, 7) is 2.01. The molecule has 0 unspecified atom stereocenters. The second kappa shape index (κ2) is 7.73. The Kier molecular flexibility index (Phi) is 6.27. The first kappa shape index (κ1) is 15.4. The summed E-state index contributed by atoms with van der Waals surface area (Å²) in [5.74, 6) is 0.130. The second-order valence-electron chi connectivity index (χ2n) is 4.22. The highest BCUT2D eigenvalue weighted by molar-refractivity contribution is 7.92. The molecule has 1 atom stereocenters. The predicted molar refractivity (Wildman–Crippen MR) is 74.2 cm³/mol. The fraction of sp³-hybridized carbons (Fsp3) is 0.500. The van der Waals surface area contributed by atoms with E-state index in [1.165, 1.54) is 6.20 Å². The van der Waals surface area contributed by atoms with Crippen LogP contribution in [0.1, 0.15) is 26.2 Å². The van der Waals surface area contributed by atoms with Gasteiger partial charge in [-0.05, 0) is 18.6 Å². The van der Waals surface area contributed by atoms with E-state index in [9.17, 15) is 13.2 Å². The Balaban J connectivity index is 2.63. The van der Waals surface area contributed by atoms with Gasteiger partial charge in [0.15, 0.2) is 0 Å². The van der Waals surface area contributed by atoms with Crippen LogP contribution in [0, 0.1) is 0 Å². The summed E-state index contributed by atoms with van der Waals surface area (Å²) in [7, 11) is -3.52. The van der Waals surface area contributed by atoms with E-state index in [1.54, 1.807) is 18.2 Å². The lowest BCUT2D eigenvalue weighted by Crippen LogP contribution is -2.37. The zero-order valence-corrected chi connectivity index (χ0v) is 11.7. The lowest BCUT2D eigenvalue weighted by molar-refractivity contribution is -0.110. The highest BCUT2D eigenvalue weighted by Crippen LogP contribution is 2.08. The molecular weight excluding hydrogens is 266 g/mol. The Bertz CT molecular complexity index is 476. The third-order valence-corrected chi connectivity index (χ3v) is 3.92. The molecule has 1 aromatic heterocycles. The Morgan fingerprint density at radius 3 is 2.79 bits per heavy atom. The summed E-state index contributed by atoms with van der Waals surface area (Å²) in [6.07, 6.45) is 4.50. The third kappa shape index (κ3) is 6.19. The minimum Gasteiger partial charge on any atom is -0.355 e. The maximum absolute atomic E-state index is 11.9. The molecule has 19 heavy (non-hydrogen) atoms. The maximum atomic E-state index is 11.9. The van der Waals surface area contributed by atoms with E-state index >= 15 is 0 Å². The molecule has 0 bridgehead atoms. The van der Waals surface area contributed by atoms with Crippen LogP contribution < -0.4 is 10.0 Å². The molecule has 0 spiro atoms. The topological polar surface area (TPSA) is 88.2 Å². The molecular formula is C12H19N3O3S. The van der Waals surface area contributed by atoms with Crippen LogP contribution in [-0.4, -0.2) is 31.6 Å². The van der Waals surface area contributed by atoms with Gasteiger partial charge >= 0.3 is 0 Å². The van der Waals surface area contributed by atoms with E-state index in [0.29, 0.717) is 12.8 Å². The molecule has 2 N–H and O–H groups in total. The van der Waals surface area contributed by atoms with Gasteiger partial charge in [-0.15, -0.1) is 0 Å². The molecule has 1 rings (SSSR count). The summed E-state index contributed by atoms with van der Waals surface area (Å²) < 4.78 is 26.3. The van der Waals surface area contributed by atoms with Crippen molar-refractivity contribution in [3.8, 4) is 0 Å². The van der Waals surface area contributed by atoms with Gasteiger partial charge in [-0.3, -0.25) is 9.52 Å². The molecule has 106 valence electrons. The van der Waals surface area contributed by atoms with Crippen LogP contribution in [0.3, 0.4) is 0 Å². The summed E-state index contributed by atoms with van der Waals surface area (Å²) in [4.78, 5) is 14.4. The van der Waals surface area contributed by atoms with Crippen molar-refractivity contribution in [2.45, 2.75) is 32.2 Å². The molecule has 0 aromatic carbocycles. The zero-order chi connectivity index (χ0) is 14.1. The molecule has 1 amide bonds. The van der Waals surface area contributed by atoms with Crippen molar-refractivity contribution >= 4 is 22.3 Å². The van der Waals surface area contributed by atoms with Crippen LogP contribution in [-0.2, 0) is 14.8 Å². The van der Waals surface area contributed by atoms with E-state index in [2.05, 4.69) is 15.0 Å². The van der Waals surface area contributed by atoms with E-state index in [-0.39, 0.29) is 17.6 Å². The van der Waals surface area contributed by atoms with Gasteiger partial charge in [0.05, 0.1) is 5.75 Å². The molecule has 0 fully saturated rings. The number of pyridine rings is 1. The number of carbonyl (C=O) groups is 1. The minimum atomic E-state index is -3.52. The monoisotopic (exact) mass is 285 g/mol. The van der Waals surface area contributed by atoms with Crippen molar-refractivity contribution < 1.29 is 13.2 Å². The van der Waals surface area contributed by atoms with Crippen LogP contribution in [0.25, 0.3) is 0 Å². The molecule has 0 aliphatic carbocycles. The average Bonchev–Trinajstić information content (AvgIpc) is 2.36. The van der Waals surface area contributed by atoms with Crippen molar-refractivity contribution in [3.05, 3.63) is 24.4 Å². The number of aromatic nitrogens is 1. The third-order valence-electron chi connectivity index (χ3n) is 2.56. The molecule has 0 aliphatic rings. The molecule has 0 saturated carbocycles. The van der Waals surface area contributed by atoms with Gasteiger partial charge in [0.25, 0.3) is 0 Å². The van der Waals surface area contributed by atoms with Crippen molar-refractivity contribution in [3.63, 3.8) is 0 Å². The number of anilines is 1. The smallest absolute Gasteiger partial charge is 0.235 e. The largest absolute Gasteiger partial charge is 0.355 e. The Morgan fingerprint density at radius 1 is 1.42 bits per heavy atom. The number of carbonyl (C=O) groups excluding carboxylic acids is 1. The first-order valence-electron chi connectivity index (χ1n) is 6.18. The summed E-state index contributed by atoms with van der Waals surface area (Å²) in [5.41, 5.74) is 0. The zero-order valence-electron chi connectivity index (χ0n) is 10.9. The van der Waals surface area contributed by atoms with Crippen LogP contribution in [0.2, 0.25) is 0 Å². The fourth-order valence-electron chi connectivity index (χ4n) is 1.65. The Morgan fingerprint density at radius 2 is 2.21 bits per heavy atom.